The van der Waals surface area contributed by atoms with Crippen molar-refractivity contribution < 1.29 is 19.0 Å². The summed E-state index contributed by atoms with van der Waals surface area (Å²) in [5, 5.41) is 0. The van der Waals surface area contributed by atoms with Crippen molar-refractivity contribution in [2.24, 2.45) is 0 Å². The third kappa shape index (κ3) is 4.28. The number of rotatable bonds is 8. The zero-order valence-corrected chi connectivity index (χ0v) is 14.4. The zero-order valence-electron chi connectivity index (χ0n) is 14.4. The summed E-state index contributed by atoms with van der Waals surface area (Å²) in [4.78, 5) is 16.0. The van der Waals surface area contributed by atoms with E-state index in [0.29, 0.717) is 31.5 Å². The average Bonchev–Trinajstić information content (AvgIpc) is 3.15. The van der Waals surface area contributed by atoms with E-state index in [2.05, 4.69) is 18.8 Å². The highest BCUT2D eigenvalue weighted by Crippen LogP contribution is 2.30. The molecule has 1 saturated heterocycles. The quantitative estimate of drug-likeness (QED) is 0.688. The lowest BCUT2D eigenvalue weighted by Crippen LogP contribution is -2.28. The summed E-state index contributed by atoms with van der Waals surface area (Å²) >= 11 is 0. The van der Waals surface area contributed by atoms with E-state index in [1.165, 1.54) is 6.92 Å². The van der Waals surface area contributed by atoms with E-state index in [-0.39, 0.29) is 11.9 Å². The van der Waals surface area contributed by atoms with Crippen LogP contribution in [-0.4, -0.2) is 40.4 Å². The summed E-state index contributed by atoms with van der Waals surface area (Å²) in [6.45, 7) is 8.99. The van der Waals surface area contributed by atoms with Crippen LogP contribution in [0, 0.1) is 0 Å². The number of nitrogens with zero attached hydrogens (tertiary/aromatic N) is 2. The lowest BCUT2D eigenvalue weighted by molar-refractivity contribution is -0.167. The van der Waals surface area contributed by atoms with Crippen LogP contribution in [0.25, 0.3) is 6.08 Å². The second-order valence-corrected chi connectivity index (χ2v) is 5.58. The molecule has 0 aromatic carbocycles. The molecule has 6 heteroatoms. The van der Waals surface area contributed by atoms with Crippen molar-refractivity contribution in [2.75, 3.05) is 13.2 Å². The predicted octanol–water partition coefficient (Wildman–Crippen LogP) is 3.02. The maximum Gasteiger partial charge on any atom is 0.195 e. The first-order chi connectivity index (χ1) is 11.0. The van der Waals surface area contributed by atoms with Crippen molar-refractivity contribution in [3.63, 3.8) is 0 Å². The van der Waals surface area contributed by atoms with Gasteiger partial charge in [-0.3, -0.25) is 4.79 Å². The molecule has 6 nitrogen and oxygen atoms in total. The Hall–Kier alpha value is -1.50. The first kappa shape index (κ1) is 17.8. The highest BCUT2D eigenvalue weighted by Gasteiger charge is 2.37. The van der Waals surface area contributed by atoms with Crippen LogP contribution in [0.1, 0.15) is 56.8 Å². The zero-order chi connectivity index (χ0) is 16.9. The number of carbonyl (C=O) groups excluding carboxylic acids is 1. The van der Waals surface area contributed by atoms with E-state index in [1.54, 1.807) is 4.57 Å². The van der Waals surface area contributed by atoms with Crippen LogP contribution < -0.4 is 0 Å². The second-order valence-electron chi connectivity index (χ2n) is 5.58. The minimum absolute atomic E-state index is 0.0826. The number of aromatic nitrogens is 2. The van der Waals surface area contributed by atoms with Gasteiger partial charge in [-0.15, -0.1) is 0 Å². The molecule has 0 saturated carbocycles. The summed E-state index contributed by atoms with van der Waals surface area (Å²) < 4.78 is 18.9. The fraction of sp³-hybridized carbons (Fsp3) is 0.647. The Morgan fingerprint density at radius 3 is 2.78 bits per heavy atom. The summed E-state index contributed by atoms with van der Waals surface area (Å²) in [6.07, 6.45) is 7.17. The van der Waals surface area contributed by atoms with Crippen molar-refractivity contribution in [3.05, 3.63) is 23.8 Å². The Balaban J connectivity index is 2.07. The van der Waals surface area contributed by atoms with Crippen molar-refractivity contribution in [1.29, 1.82) is 0 Å². The van der Waals surface area contributed by atoms with Gasteiger partial charge in [-0.05, 0) is 25.8 Å². The van der Waals surface area contributed by atoms with Gasteiger partial charge < -0.3 is 18.8 Å². The lowest BCUT2D eigenvalue weighted by Gasteiger charge is -2.24. The van der Waals surface area contributed by atoms with E-state index in [9.17, 15) is 4.79 Å². The SMILES string of the molecule is CCOCn1cc(/C=C\[C@@H]2COC(CC)(CC)O2)nc1C(C)=O. The third-order valence-corrected chi connectivity index (χ3v) is 3.98. The molecule has 0 aliphatic carbocycles. The van der Waals surface area contributed by atoms with Crippen LogP contribution in [0.2, 0.25) is 0 Å². The van der Waals surface area contributed by atoms with Crippen LogP contribution in [0.4, 0.5) is 0 Å². The molecule has 0 bridgehead atoms. The second kappa shape index (κ2) is 7.86. The first-order valence-electron chi connectivity index (χ1n) is 8.19. The Kier molecular flexibility index (Phi) is 6.10. The lowest BCUT2D eigenvalue weighted by atomic mass is 10.1. The fourth-order valence-corrected chi connectivity index (χ4v) is 2.58. The van der Waals surface area contributed by atoms with E-state index < -0.39 is 5.79 Å². The summed E-state index contributed by atoms with van der Waals surface area (Å²) in [6, 6.07) is 0. The highest BCUT2D eigenvalue weighted by molar-refractivity contribution is 5.90. The van der Waals surface area contributed by atoms with E-state index >= 15 is 0 Å². The molecule has 0 spiro atoms. The Bertz CT molecular complexity index is 561. The molecule has 1 atom stereocenters. The largest absolute Gasteiger partial charge is 0.361 e. The molecule has 0 radical (unpaired) electrons. The van der Waals surface area contributed by atoms with Gasteiger partial charge in [0.15, 0.2) is 17.4 Å². The van der Waals surface area contributed by atoms with Gasteiger partial charge in [0, 0.05) is 19.7 Å². The number of carbonyl (C=O) groups is 1. The maximum atomic E-state index is 11.7. The molecule has 1 aliphatic rings. The molecule has 2 heterocycles. The van der Waals surface area contributed by atoms with Gasteiger partial charge in [0.05, 0.1) is 12.3 Å². The normalized spacial score (nSPS) is 20.4. The molecule has 1 aliphatic heterocycles. The summed E-state index contributed by atoms with van der Waals surface area (Å²) in [5.41, 5.74) is 0.712. The van der Waals surface area contributed by atoms with Crippen LogP contribution in [0.5, 0.6) is 0 Å². The van der Waals surface area contributed by atoms with E-state index in [0.717, 1.165) is 12.8 Å². The van der Waals surface area contributed by atoms with Crippen LogP contribution in [0.15, 0.2) is 12.3 Å². The monoisotopic (exact) mass is 322 g/mol. The molecule has 23 heavy (non-hydrogen) atoms. The minimum atomic E-state index is -0.464. The molecule has 1 aromatic heterocycles. The van der Waals surface area contributed by atoms with Gasteiger partial charge in [-0.1, -0.05) is 19.9 Å². The van der Waals surface area contributed by atoms with Gasteiger partial charge in [-0.2, -0.15) is 0 Å². The summed E-state index contributed by atoms with van der Waals surface area (Å²) in [5.74, 6) is -0.146. The Labute approximate surface area is 137 Å². The van der Waals surface area contributed by atoms with Crippen molar-refractivity contribution >= 4 is 11.9 Å². The number of hydrogen-bond donors (Lipinski definition) is 0. The number of Topliss-reactive ketones (excluding diaryl/α,β-unsaturated/α-hetero) is 1. The number of ketones is 1. The molecular formula is C17H26N2O4. The van der Waals surface area contributed by atoms with Crippen LogP contribution in [-0.2, 0) is 20.9 Å². The van der Waals surface area contributed by atoms with E-state index in [4.69, 9.17) is 14.2 Å². The van der Waals surface area contributed by atoms with Gasteiger partial charge in [0.1, 0.15) is 12.8 Å². The molecule has 1 fully saturated rings. The number of imidazole rings is 1. The van der Waals surface area contributed by atoms with Crippen molar-refractivity contribution in [1.82, 2.24) is 9.55 Å². The fourth-order valence-electron chi connectivity index (χ4n) is 2.58. The molecule has 0 N–H and O–H groups in total. The summed E-state index contributed by atoms with van der Waals surface area (Å²) in [7, 11) is 0. The molecule has 2 rings (SSSR count). The smallest absolute Gasteiger partial charge is 0.195 e. The van der Waals surface area contributed by atoms with Crippen LogP contribution >= 0.6 is 0 Å². The van der Waals surface area contributed by atoms with Gasteiger partial charge in [0.25, 0.3) is 0 Å². The van der Waals surface area contributed by atoms with Gasteiger partial charge in [-0.25, -0.2) is 4.98 Å². The topological polar surface area (TPSA) is 62.6 Å². The van der Waals surface area contributed by atoms with Crippen molar-refractivity contribution in [3.8, 4) is 0 Å². The van der Waals surface area contributed by atoms with Gasteiger partial charge in [0.2, 0.25) is 0 Å². The minimum Gasteiger partial charge on any atom is -0.361 e. The maximum absolute atomic E-state index is 11.7. The third-order valence-electron chi connectivity index (χ3n) is 3.98. The molecule has 1 aromatic rings. The Morgan fingerprint density at radius 1 is 1.48 bits per heavy atom. The number of ether oxygens (including phenoxy) is 3. The number of hydrogen-bond acceptors (Lipinski definition) is 5. The molecular weight excluding hydrogens is 296 g/mol. The van der Waals surface area contributed by atoms with E-state index in [1.807, 2.05) is 25.3 Å². The van der Waals surface area contributed by atoms with Gasteiger partial charge >= 0.3 is 0 Å². The molecule has 0 amide bonds. The first-order valence-corrected chi connectivity index (χ1v) is 8.19. The highest BCUT2D eigenvalue weighted by atomic mass is 16.7. The molecule has 0 unspecified atom stereocenters. The average molecular weight is 322 g/mol. The van der Waals surface area contributed by atoms with Crippen LogP contribution in [0.3, 0.4) is 0 Å². The predicted molar refractivity (Wildman–Crippen MR) is 87.0 cm³/mol. The molecule has 128 valence electrons. The van der Waals surface area contributed by atoms with Crippen molar-refractivity contribution in [2.45, 2.75) is 59.2 Å². The standard InChI is InChI=1S/C17H26N2O4/c1-5-17(6-2)22-11-15(23-17)9-8-14-10-19(12-21-7-3)16(18-14)13(4)20/h8-10,15H,5-7,11-12H2,1-4H3/b9-8-/t15-/m1/s1. The Morgan fingerprint density at radius 2 is 2.22 bits per heavy atom.